The van der Waals surface area contributed by atoms with Gasteiger partial charge in [-0.1, -0.05) is 48.9 Å². The Bertz CT molecular complexity index is 860. The summed E-state index contributed by atoms with van der Waals surface area (Å²) in [5.41, 5.74) is 4.11. The van der Waals surface area contributed by atoms with Gasteiger partial charge in [0.2, 0.25) is 0 Å². The molecule has 0 radical (unpaired) electrons. The lowest BCUT2D eigenvalue weighted by Gasteiger charge is -2.27. The van der Waals surface area contributed by atoms with Crippen LogP contribution in [-0.4, -0.2) is 28.9 Å². The molecule has 0 atom stereocenters. The van der Waals surface area contributed by atoms with Crippen LogP contribution in [0, 0.1) is 0 Å². The number of nitrogens with one attached hydrogen (secondary N) is 2. The smallest absolute Gasteiger partial charge is 0.267 e. The zero-order valence-corrected chi connectivity index (χ0v) is 15.0. The van der Waals surface area contributed by atoms with Gasteiger partial charge >= 0.3 is 0 Å². The lowest BCUT2D eigenvalue weighted by molar-refractivity contribution is 0.0946. The van der Waals surface area contributed by atoms with Crippen LogP contribution in [0.5, 0.6) is 0 Å². The number of amides is 1. The quantitative estimate of drug-likeness (QED) is 0.730. The number of hydrogen-bond acceptors (Lipinski definition) is 2. The predicted octanol–water partition coefficient (Wildman–Crippen LogP) is 4.08. The number of aromatic amines is 1. The van der Waals surface area contributed by atoms with Gasteiger partial charge in [0.1, 0.15) is 5.69 Å². The van der Waals surface area contributed by atoms with Crippen LogP contribution in [0.2, 0.25) is 0 Å². The molecule has 0 aliphatic carbocycles. The SMILES string of the molecule is O=C(NCc1ccccc1CN1CCCCC1)c1cc2ccccc2[nH]1. The highest BCUT2D eigenvalue weighted by Crippen LogP contribution is 2.17. The number of H-pyrrole nitrogens is 1. The largest absolute Gasteiger partial charge is 0.351 e. The highest BCUT2D eigenvalue weighted by molar-refractivity contribution is 5.97. The molecular weight excluding hydrogens is 322 g/mol. The highest BCUT2D eigenvalue weighted by atomic mass is 16.1. The Morgan fingerprint density at radius 3 is 2.50 bits per heavy atom. The summed E-state index contributed by atoms with van der Waals surface area (Å²) < 4.78 is 0. The number of para-hydroxylation sites is 1. The fourth-order valence-corrected chi connectivity index (χ4v) is 3.71. The molecule has 0 saturated carbocycles. The van der Waals surface area contributed by atoms with Crippen molar-refractivity contribution in [1.29, 1.82) is 0 Å². The molecule has 2 heterocycles. The maximum atomic E-state index is 12.5. The number of carbonyl (C=O) groups is 1. The molecule has 1 aliphatic heterocycles. The summed E-state index contributed by atoms with van der Waals surface area (Å²) in [7, 11) is 0. The van der Waals surface area contributed by atoms with Crippen molar-refractivity contribution < 1.29 is 4.79 Å². The van der Waals surface area contributed by atoms with Gasteiger partial charge in [-0.3, -0.25) is 9.69 Å². The van der Waals surface area contributed by atoms with Gasteiger partial charge in [0, 0.05) is 24.0 Å². The van der Waals surface area contributed by atoms with Crippen molar-refractivity contribution in [3.8, 4) is 0 Å². The average Bonchev–Trinajstić information content (AvgIpc) is 3.12. The predicted molar refractivity (Wildman–Crippen MR) is 105 cm³/mol. The maximum absolute atomic E-state index is 12.5. The van der Waals surface area contributed by atoms with E-state index < -0.39 is 0 Å². The number of likely N-dealkylation sites (tertiary alicyclic amines) is 1. The molecular formula is C22H25N3O. The van der Waals surface area contributed by atoms with Gasteiger partial charge in [-0.05, 0) is 49.2 Å². The van der Waals surface area contributed by atoms with Crippen molar-refractivity contribution >= 4 is 16.8 Å². The van der Waals surface area contributed by atoms with E-state index in [0.717, 1.165) is 17.4 Å². The molecule has 0 spiro atoms. The molecule has 1 aromatic heterocycles. The van der Waals surface area contributed by atoms with Gasteiger partial charge < -0.3 is 10.3 Å². The fourth-order valence-electron chi connectivity index (χ4n) is 3.71. The van der Waals surface area contributed by atoms with E-state index in [1.807, 2.05) is 36.4 Å². The molecule has 1 amide bonds. The summed E-state index contributed by atoms with van der Waals surface area (Å²) >= 11 is 0. The van der Waals surface area contributed by atoms with Gasteiger partial charge in [0.25, 0.3) is 5.91 Å². The third-order valence-electron chi connectivity index (χ3n) is 5.18. The minimum atomic E-state index is -0.0611. The van der Waals surface area contributed by atoms with Crippen molar-refractivity contribution in [2.24, 2.45) is 0 Å². The van der Waals surface area contributed by atoms with Crippen LogP contribution in [0.15, 0.2) is 54.6 Å². The Morgan fingerprint density at radius 2 is 1.69 bits per heavy atom. The molecule has 3 aromatic rings. The summed E-state index contributed by atoms with van der Waals surface area (Å²) in [6.07, 6.45) is 3.93. The molecule has 1 fully saturated rings. The fraction of sp³-hybridized carbons (Fsp3) is 0.318. The Morgan fingerprint density at radius 1 is 0.962 bits per heavy atom. The molecule has 1 aliphatic rings. The summed E-state index contributed by atoms with van der Waals surface area (Å²) in [6.45, 7) is 3.88. The zero-order valence-electron chi connectivity index (χ0n) is 15.0. The first-order chi connectivity index (χ1) is 12.8. The van der Waals surface area contributed by atoms with Crippen LogP contribution >= 0.6 is 0 Å². The third-order valence-corrected chi connectivity index (χ3v) is 5.18. The van der Waals surface area contributed by atoms with E-state index in [9.17, 15) is 4.79 Å². The van der Waals surface area contributed by atoms with E-state index in [2.05, 4.69) is 33.4 Å². The van der Waals surface area contributed by atoms with Crippen molar-refractivity contribution in [3.63, 3.8) is 0 Å². The minimum absolute atomic E-state index is 0.0611. The second-order valence-corrected chi connectivity index (χ2v) is 7.06. The van der Waals surface area contributed by atoms with E-state index in [1.165, 1.54) is 43.5 Å². The maximum Gasteiger partial charge on any atom is 0.267 e. The number of rotatable bonds is 5. The molecule has 26 heavy (non-hydrogen) atoms. The molecule has 4 nitrogen and oxygen atoms in total. The molecule has 0 unspecified atom stereocenters. The standard InChI is InChI=1S/C22H25N3O/c26-22(21-14-17-8-4-5-11-20(17)24-21)23-15-18-9-2-3-10-19(18)16-25-12-6-1-7-13-25/h2-5,8-11,14,24H,1,6-7,12-13,15-16H2,(H,23,26). The lowest BCUT2D eigenvalue weighted by Crippen LogP contribution is -2.30. The van der Waals surface area contributed by atoms with Crippen molar-refractivity contribution in [3.05, 3.63) is 71.4 Å². The van der Waals surface area contributed by atoms with Gasteiger partial charge in [-0.25, -0.2) is 0 Å². The zero-order chi connectivity index (χ0) is 17.8. The molecule has 2 N–H and O–H groups in total. The number of piperidine rings is 1. The summed E-state index contributed by atoms with van der Waals surface area (Å²) in [5.74, 6) is -0.0611. The summed E-state index contributed by atoms with van der Waals surface area (Å²) in [5, 5.41) is 4.12. The molecule has 1 saturated heterocycles. The van der Waals surface area contributed by atoms with E-state index in [0.29, 0.717) is 12.2 Å². The highest BCUT2D eigenvalue weighted by Gasteiger charge is 2.14. The van der Waals surface area contributed by atoms with Gasteiger partial charge in [0.15, 0.2) is 0 Å². The number of carbonyl (C=O) groups excluding carboxylic acids is 1. The number of fused-ring (bicyclic) bond motifs is 1. The first-order valence-corrected chi connectivity index (χ1v) is 9.45. The van der Waals surface area contributed by atoms with Crippen LogP contribution in [0.25, 0.3) is 10.9 Å². The summed E-state index contributed by atoms with van der Waals surface area (Å²) in [4.78, 5) is 18.2. The Kier molecular flexibility index (Phi) is 5.02. The van der Waals surface area contributed by atoms with Crippen LogP contribution in [0.3, 0.4) is 0 Å². The van der Waals surface area contributed by atoms with Gasteiger partial charge in [0.05, 0.1) is 0 Å². The monoisotopic (exact) mass is 347 g/mol. The Labute approximate surface area is 154 Å². The minimum Gasteiger partial charge on any atom is -0.351 e. The molecule has 134 valence electrons. The van der Waals surface area contributed by atoms with E-state index in [4.69, 9.17) is 0 Å². The first-order valence-electron chi connectivity index (χ1n) is 9.45. The van der Waals surface area contributed by atoms with E-state index >= 15 is 0 Å². The number of hydrogen-bond donors (Lipinski definition) is 2. The third kappa shape index (κ3) is 3.81. The normalized spacial score (nSPS) is 15.2. The van der Waals surface area contributed by atoms with Crippen molar-refractivity contribution in [2.45, 2.75) is 32.4 Å². The van der Waals surface area contributed by atoms with Gasteiger partial charge in [-0.2, -0.15) is 0 Å². The van der Waals surface area contributed by atoms with Crippen molar-refractivity contribution in [2.75, 3.05) is 13.1 Å². The first kappa shape index (κ1) is 16.9. The lowest BCUT2D eigenvalue weighted by atomic mass is 10.0. The molecule has 4 rings (SSSR count). The molecule has 0 bridgehead atoms. The average molecular weight is 347 g/mol. The Hall–Kier alpha value is -2.59. The Balaban J connectivity index is 1.43. The number of aromatic nitrogens is 1. The van der Waals surface area contributed by atoms with Crippen molar-refractivity contribution in [1.82, 2.24) is 15.2 Å². The van der Waals surface area contributed by atoms with Crippen LogP contribution in [0.1, 0.15) is 40.9 Å². The van der Waals surface area contributed by atoms with Crippen LogP contribution < -0.4 is 5.32 Å². The topological polar surface area (TPSA) is 48.1 Å². The number of benzene rings is 2. The number of nitrogens with zero attached hydrogens (tertiary/aromatic N) is 1. The second-order valence-electron chi connectivity index (χ2n) is 7.06. The van der Waals surface area contributed by atoms with Crippen LogP contribution in [0.4, 0.5) is 0 Å². The summed E-state index contributed by atoms with van der Waals surface area (Å²) in [6, 6.07) is 18.3. The van der Waals surface area contributed by atoms with Crippen LogP contribution in [-0.2, 0) is 13.1 Å². The molecule has 2 aromatic carbocycles. The van der Waals surface area contributed by atoms with E-state index in [-0.39, 0.29) is 5.91 Å². The van der Waals surface area contributed by atoms with E-state index in [1.54, 1.807) is 0 Å². The van der Waals surface area contributed by atoms with Gasteiger partial charge in [-0.15, -0.1) is 0 Å². The second kappa shape index (κ2) is 7.75. The molecule has 4 heteroatoms.